The number of thiol groups is 1. The number of benzene rings is 1. The summed E-state index contributed by atoms with van der Waals surface area (Å²) in [5.74, 6) is -1.18. The SMILES string of the molecule is Cc1c(C(=O)O)ccc(S)c1[N+](=O)[O-]. The number of rotatable bonds is 2. The van der Waals surface area contributed by atoms with Crippen molar-refractivity contribution in [1.29, 1.82) is 0 Å². The number of nitro groups is 1. The van der Waals surface area contributed by atoms with Gasteiger partial charge in [0.25, 0.3) is 5.69 Å². The van der Waals surface area contributed by atoms with Gasteiger partial charge in [0.15, 0.2) is 0 Å². The Labute approximate surface area is 84.9 Å². The van der Waals surface area contributed by atoms with Crippen molar-refractivity contribution < 1.29 is 14.8 Å². The summed E-state index contributed by atoms with van der Waals surface area (Å²) in [5, 5.41) is 19.3. The Bertz CT molecular complexity index is 416. The van der Waals surface area contributed by atoms with Crippen molar-refractivity contribution in [3.63, 3.8) is 0 Å². The number of carboxylic acid groups (broad SMARTS) is 1. The lowest BCUT2D eigenvalue weighted by atomic mass is 10.1. The van der Waals surface area contributed by atoms with Crippen LogP contribution in [0.5, 0.6) is 0 Å². The van der Waals surface area contributed by atoms with Crippen molar-refractivity contribution in [2.24, 2.45) is 0 Å². The van der Waals surface area contributed by atoms with E-state index in [1.165, 1.54) is 19.1 Å². The highest BCUT2D eigenvalue weighted by molar-refractivity contribution is 7.80. The third-order valence-electron chi connectivity index (χ3n) is 1.82. The summed E-state index contributed by atoms with van der Waals surface area (Å²) < 4.78 is 0. The molecule has 1 aromatic rings. The van der Waals surface area contributed by atoms with E-state index in [0.29, 0.717) is 0 Å². The summed E-state index contributed by atoms with van der Waals surface area (Å²) in [6.07, 6.45) is 0. The van der Waals surface area contributed by atoms with Crippen molar-refractivity contribution in [2.75, 3.05) is 0 Å². The van der Waals surface area contributed by atoms with Gasteiger partial charge in [-0.05, 0) is 19.1 Å². The molecule has 1 N–H and O–H groups in total. The molecule has 0 bridgehead atoms. The number of carbonyl (C=O) groups is 1. The predicted octanol–water partition coefficient (Wildman–Crippen LogP) is 1.89. The number of carboxylic acids is 1. The van der Waals surface area contributed by atoms with Crippen molar-refractivity contribution in [2.45, 2.75) is 11.8 Å². The first kappa shape index (κ1) is 10.5. The Hall–Kier alpha value is -1.56. The molecule has 0 spiro atoms. The van der Waals surface area contributed by atoms with Crippen molar-refractivity contribution in [3.05, 3.63) is 33.4 Å². The molecule has 0 aliphatic carbocycles. The number of nitrogens with zero attached hydrogens (tertiary/aromatic N) is 1. The van der Waals surface area contributed by atoms with Crippen LogP contribution < -0.4 is 0 Å². The van der Waals surface area contributed by atoms with E-state index in [1.54, 1.807) is 0 Å². The second kappa shape index (κ2) is 3.67. The van der Waals surface area contributed by atoms with E-state index in [1.807, 2.05) is 0 Å². The van der Waals surface area contributed by atoms with Gasteiger partial charge < -0.3 is 5.11 Å². The van der Waals surface area contributed by atoms with Crippen molar-refractivity contribution >= 4 is 24.3 Å². The van der Waals surface area contributed by atoms with Crippen LogP contribution in [0.15, 0.2) is 17.0 Å². The molecule has 0 atom stereocenters. The number of aromatic carboxylic acids is 1. The third-order valence-corrected chi connectivity index (χ3v) is 2.18. The summed E-state index contributed by atoms with van der Waals surface area (Å²) in [6.45, 7) is 1.39. The average molecular weight is 213 g/mol. The maximum absolute atomic E-state index is 10.7. The maximum Gasteiger partial charge on any atom is 0.336 e. The highest BCUT2D eigenvalue weighted by Gasteiger charge is 2.20. The second-order valence-corrected chi connectivity index (χ2v) is 3.15. The standard InChI is InChI=1S/C8H7NO4S/c1-4-5(8(10)11)2-3-6(14)7(4)9(12)13/h2-3,14H,1H3,(H,10,11). The number of nitro benzene ring substituents is 1. The normalized spacial score (nSPS) is 9.86. The van der Waals surface area contributed by atoms with Crippen LogP contribution in [-0.4, -0.2) is 16.0 Å². The maximum atomic E-state index is 10.7. The van der Waals surface area contributed by atoms with Gasteiger partial charge >= 0.3 is 5.97 Å². The zero-order chi connectivity index (χ0) is 10.9. The molecule has 0 radical (unpaired) electrons. The molecule has 1 aromatic carbocycles. The summed E-state index contributed by atoms with van der Waals surface area (Å²) in [4.78, 5) is 20.8. The molecular formula is C8H7NO4S. The molecule has 5 nitrogen and oxygen atoms in total. The first-order valence-electron chi connectivity index (χ1n) is 3.65. The predicted molar refractivity (Wildman–Crippen MR) is 52.0 cm³/mol. The van der Waals surface area contributed by atoms with Crippen molar-refractivity contribution in [1.82, 2.24) is 0 Å². The molecule has 0 saturated carbocycles. The van der Waals surface area contributed by atoms with Gasteiger partial charge in [0, 0.05) is 5.56 Å². The van der Waals surface area contributed by atoms with Gasteiger partial charge in [0.2, 0.25) is 0 Å². The van der Waals surface area contributed by atoms with E-state index in [2.05, 4.69) is 12.6 Å². The Morgan fingerprint density at radius 3 is 2.57 bits per heavy atom. The van der Waals surface area contributed by atoms with E-state index >= 15 is 0 Å². The van der Waals surface area contributed by atoms with Crippen LogP contribution in [0.2, 0.25) is 0 Å². The van der Waals surface area contributed by atoms with Gasteiger partial charge in [0.1, 0.15) is 0 Å². The zero-order valence-electron chi connectivity index (χ0n) is 7.22. The monoisotopic (exact) mass is 213 g/mol. The Morgan fingerprint density at radius 1 is 1.57 bits per heavy atom. The summed E-state index contributed by atoms with van der Waals surface area (Å²) in [5.41, 5.74) is -0.210. The molecule has 0 aliphatic heterocycles. The molecule has 0 amide bonds. The fraction of sp³-hybridized carbons (Fsp3) is 0.125. The molecule has 74 valence electrons. The molecule has 1 rings (SSSR count). The van der Waals surface area contributed by atoms with Crippen LogP contribution in [0.25, 0.3) is 0 Å². The number of hydrogen-bond acceptors (Lipinski definition) is 4. The largest absolute Gasteiger partial charge is 0.478 e. The molecule has 14 heavy (non-hydrogen) atoms. The number of hydrogen-bond donors (Lipinski definition) is 2. The van der Waals surface area contributed by atoms with Gasteiger partial charge in [-0.15, -0.1) is 12.6 Å². The highest BCUT2D eigenvalue weighted by Crippen LogP contribution is 2.28. The van der Waals surface area contributed by atoms with Gasteiger partial charge in [-0.3, -0.25) is 10.1 Å². The summed E-state index contributed by atoms with van der Waals surface area (Å²) in [6, 6.07) is 2.60. The molecule has 0 saturated heterocycles. The first-order chi connectivity index (χ1) is 6.45. The van der Waals surface area contributed by atoms with Crippen LogP contribution in [-0.2, 0) is 0 Å². The van der Waals surface area contributed by atoms with Crippen LogP contribution in [0.3, 0.4) is 0 Å². The second-order valence-electron chi connectivity index (χ2n) is 2.67. The zero-order valence-corrected chi connectivity index (χ0v) is 8.12. The third kappa shape index (κ3) is 1.69. The van der Waals surface area contributed by atoms with E-state index < -0.39 is 10.9 Å². The Kier molecular flexibility index (Phi) is 2.76. The minimum Gasteiger partial charge on any atom is -0.478 e. The fourth-order valence-electron chi connectivity index (χ4n) is 1.15. The first-order valence-corrected chi connectivity index (χ1v) is 4.10. The fourth-order valence-corrected chi connectivity index (χ4v) is 1.47. The van der Waals surface area contributed by atoms with Crippen LogP contribution >= 0.6 is 12.6 Å². The highest BCUT2D eigenvalue weighted by atomic mass is 32.1. The topological polar surface area (TPSA) is 80.4 Å². The quantitative estimate of drug-likeness (QED) is 0.446. The lowest BCUT2D eigenvalue weighted by Gasteiger charge is -2.03. The molecule has 0 unspecified atom stereocenters. The molecule has 6 heteroatoms. The Balaban J connectivity index is 3.49. The molecule has 0 heterocycles. The Morgan fingerprint density at radius 2 is 2.14 bits per heavy atom. The van der Waals surface area contributed by atoms with E-state index in [-0.39, 0.29) is 21.7 Å². The molecule has 0 aliphatic rings. The van der Waals surface area contributed by atoms with E-state index in [0.717, 1.165) is 0 Å². The van der Waals surface area contributed by atoms with Crippen LogP contribution in [0.1, 0.15) is 15.9 Å². The van der Waals surface area contributed by atoms with Crippen molar-refractivity contribution in [3.8, 4) is 0 Å². The minimum atomic E-state index is -1.18. The minimum absolute atomic E-state index is 0.0745. The van der Waals surface area contributed by atoms with Gasteiger partial charge in [0.05, 0.1) is 15.4 Å². The van der Waals surface area contributed by atoms with Gasteiger partial charge in [-0.1, -0.05) is 0 Å². The van der Waals surface area contributed by atoms with Crippen LogP contribution in [0, 0.1) is 17.0 Å². The molecular weight excluding hydrogens is 206 g/mol. The van der Waals surface area contributed by atoms with Gasteiger partial charge in [-0.2, -0.15) is 0 Å². The van der Waals surface area contributed by atoms with Gasteiger partial charge in [-0.25, -0.2) is 4.79 Å². The smallest absolute Gasteiger partial charge is 0.336 e. The van der Waals surface area contributed by atoms with E-state index in [9.17, 15) is 14.9 Å². The lowest BCUT2D eigenvalue weighted by molar-refractivity contribution is -0.388. The lowest BCUT2D eigenvalue weighted by Crippen LogP contribution is -2.03. The molecule has 0 fully saturated rings. The van der Waals surface area contributed by atoms with Crippen LogP contribution in [0.4, 0.5) is 5.69 Å². The van der Waals surface area contributed by atoms with E-state index in [4.69, 9.17) is 5.11 Å². The average Bonchev–Trinajstić information content (AvgIpc) is 2.02. The summed E-state index contributed by atoms with van der Waals surface area (Å²) >= 11 is 3.89. The molecule has 0 aromatic heterocycles. The summed E-state index contributed by atoms with van der Waals surface area (Å²) in [7, 11) is 0.